The smallest absolute Gasteiger partial charge is 0.253 e. The van der Waals surface area contributed by atoms with E-state index in [4.69, 9.17) is 9.84 Å². The van der Waals surface area contributed by atoms with Crippen LogP contribution >= 0.6 is 0 Å². The molecule has 4 heterocycles. The van der Waals surface area contributed by atoms with Crippen LogP contribution in [0.15, 0.2) is 61.1 Å². The second-order valence-electron chi connectivity index (χ2n) is 9.59. The van der Waals surface area contributed by atoms with E-state index in [-0.39, 0.29) is 17.6 Å². The number of anilines is 1. The van der Waals surface area contributed by atoms with Gasteiger partial charge in [0.2, 0.25) is 5.91 Å². The molecule has 0 bridgehead atoms. The zero-order valence-corrected chi connectivity index (χ0v) is 20.5. The summed E-state index contributed by atoms with van der Waals surface area (Å²) in [4.78, 5) is 29.7. The summed E-state index contributed by atoms with van der Waals surface area (Å²) in [5.41, 5.74) is 6.42. The number of nitrogens with one attached hydrogen (secondary N) is 2. The molecule has 1 saturated heterocycles. The first-order valence-corrected chi connectivity index (χ1v) is 12.2. The molecule has 2 amide bonds. The Morgan fingerprint density at radius 3 is 2.81 bits per heavy atom. The number of aromatic amines is 1. The van der Waals surface area contributed by atoms with Crippen molar-refractivity contribution in [2.45, 2.75) is 39.0 Å². The number of fused-ring (bicyclic) bond motifs is 1. The van der Waals surface area contributed by atoms with Gasteiger partial charge in [0, 0.05) is 41.9 Å². The van der Waals surface area contributed by atoms with E-state index in [9.17, 15) is 14.0 Å². The molecule has 0 aliphatic carbocycles. The van der Waals surface area contributed by atoms with Crippen molar-refractivity contribution in [1.82, 2.24) is 19.7 Å². The van der Waals surface area contributed by atoms with Crippen LogP contribution in [0.3, 0.4) is 0 Å². The number of H-pyrrole nitrogens is 1. The molecule has 9 heteroatoms. The molecule has 37 heavy (non-hydrogen) atoms. The quantitative estimate of drug-likeness (QED) is 0.414. The molecular weight excluding hydrogens is 473 g/mol. The second kappa shape index (κ2) is 9.01. The van der Waals surface area contributed by atoms with E-state index in [0.29, 0.717) is 30.8 Å². The van der Waals surface area contributed by atoms with E-state index in [0.717, 1.165) is 33.5 Å². The first-order chi connectivity index (χ1) is 17.9. The predicted molar refractivity (Wildman–Crippen MR) is 136 cm³/mol. The van der Waals surface area contributed by atoms with Crippen molar-refractivity contribution in [2.75, 3.05) is 11.9 Å². The highest BCUT2D eigenvalue weighted by Crippen LogP contribution is 2.37. The summed E-state index contributed by atoms with van der Waals surface area (Å²) in [5.74, 6) is -0.455. The molecule has 2 aromatic carbocycles. The predicted octanol–water partition coefficient (Wildman–Crippen LogP) is 4.30. The van der Waals surface area contributed by atoms with Gasteiger partial charge in [-0.2, -0.15) is 5.10 Å². The number of hydrogen-bond donors (Lipinski definition) is 2. The van der Waals surface area contributed by atoms with Crippen LogP contribution in [0.25, 0.3) is 16.9 Å². The van der Waals surface area contributed by atoms with Gasteiger partial charge in [0.05, 0.1) is 12.1 Å². The number of carbonyl (C=O) groups excluding carboxylic acids is 2. The number of ether oxygens (including phenoxy) is 1. The second-order valence-corrected chi connectivity index (χ2v) is 9.59. The summed E-state index contributed by atoms with van der Waals surface area (Å²) < 4.78 is 22.0. The van der Waals surface area contributed by atoms with Crippen LogP contribution in [0, 0.1) is 12.7 Å². The van der Waals surface area contributed by atoms with Crippen molar-refractivity contribution in [2.24, 2.45) is 0 Å². The minimum absolute atomic E-state index is 0.00745. The topological polar surface area (TPSA) is 92.2 Å². The van der Waals surface area contributed by atoms with Crippen LogP contribution in [0.1, 0.15) is 35.4 Å². The van der Waals surface area contributed by atoms with Gasteiger partial charge >= 0.3 is 0 Å². The molecular formula is C28H26FN5O3. The minimum atomic E-state index is -0.648. The van der Waals surface area contributed by atoms with Gasteiger partial charge in [0.1, 0.15) is 17.6 Å². The minimum Gasteiger partial charge on any atom is -0.367 e. The van der Waals surface area contributed by atoms with Crippen molar-refractivity contribution >= 4 is 17.5 Å². The van der Waals surface area contributed by atoms with E-state index in [1.165, 1.54) is 12.1 Å². The Hall–Kier alpha value is -4.24. The average Bonchev–Trinajstić information content (AvgIpc) is 3.63. The molecule has 8 nitrogen and oxygen atoms in total. The molecule has 0 saturated carbocycles. The Morgan fingerprint density at radius 2 is 2.03 bits per heavy atom. The fourth-order valence-corrected chi connectivity index (χ4v) is 5.05. The summed E-state index contributed by atoms with van der Waals surface area (Å²) in [5, 5.41) is 7.65. The van der Waals surface area contributed by atoms with Gasteiger partial charge < -0.3 is 19.9 Å². The van der Waals surface area contributed by atoms with Crippen LogP contribution in [0.4, 0.5) is 10.1 Å². The van der Waals surface area contributed by atoms with Crippen molar-refractivity contribution in [3.8, 4) is 16.9 Å². The number of amides is 2. The van der Waals surface area contributed by atoms with Gasteiger partial charge in [0.25, 0.3) is 5.91 Å². The lowest BCUT2D eigenvalue weighted by atomic mass is 10.1. The third kappa shape index (κ3) is 4.31. The molecule has 2 N–H and O–H groups in total. The Kier molecular flexibility index (Phi) is 5.64. The fraction of sp³-hybridized carbons (Fsp3) is 0.250. The molecule has 2 aromatic heterocycles. The molecule has 2 atom stereocenters. The molecule has 0 spiro atoms. The molecule has 6 rings (SSSR count). The van der Waals surface area contributed by atoms with Crippen molar-refractivity contribution in [3.05, 3.63) is 89.1 Å². The van der Waals surface area contributed by atoms with Gasteiger partial charge in [-0.25, -0.2) is 9.07 Å². The first-order valence-electron chi connectivity index (χ1n) is 12.2. The lowest BCUT2D eigenvalue weighted by molar-refractivity contribution is -0.130. The number of carbonyl (C=O) groups is 2. The number of aromatic nitrogens is 3. The maximum atomic E-state index is 14.2. The number of benzene rings is 2. The van der Waals surface area contributed by atoms with E-state index in [1.54, 1.807) is 22.7 Å². The van der Waals surface area contributed by atoms with Gasteiger partial charge in [0.15, 0.2) is 6.23 Å². The van der Waals surface area contributed by atoms with E-state index in [2.05, 4.69) is 10.3 Å². The zero-order valence-electron chi connectivity index (χ0n) is 20.5. The zero-order chi connectivity index (χ0) is 25.7. The summed E-state index contributed by atoms with van der Waals surface area (Å²) in [6, 6.07) is 12.6. The number of rotatable bonds is 6. The fourth-order valence-electron chi connectivity index (χ4n) is 5.05. The van der Waals surface area contributed by atoms with Crippen LogP contribution in [-0.2, 0) is 27.2 Å². The van der Waals surface area contributed by atoms with Crippen molar-refractivity contribution in [1.29, 1.82) is 0 Å². The molecule has 4 aromatic rings. The Bertz CT molecular complexity index is 1490. The van der Waals surface area contributed by atoms with Crippen LogP contribution in [-0.4, -0.2) is 44.1 Å². The number of halogens is 1. The molecule has 1 fully saturated rings. The maximum absolute atomic E-state index is 14.2. The molecule has 2 aliphatic heterocycles. The third-order valence-electron chi connectivity index (χ3n) is 6.86. The van der Waals surface area contributed by atoms with E-state index >= 15 is 0 Å². The van der Waals surface area contributed by atoms with E-state index < -0.39 is 12.3 Å². The first kappa shape index (κ1) is 23.2. The van der Waals surface area contributed by atoms with Crippen LogP contribution in [0.5, 0.6) is 0 Å². The Balaban J connectivity index is 1.34. The normalized spacial score (nSPS) is 18.9. The van der Waals surface area contributed by atoms with Gasteiger partial charge in [-0.05, 0) is 67.3 Å². The lowest BCUT2D eigenvalue weighted by Gasteiger charge is -2.23. The molecule has 2 aliphatic rings. The highest BCUT2D eigenvalue weighted by molar-refractivity contribution is 5.99. The summed E-state index contributed by atoms with van der Waals surface area (Å²) in [6.07, 6.45) is 5.18. The molecule has 0 unspecified atom stereocenters. The summed E-state index contributed by atoms with van der Waals surface area (Å²) in [7, 11) is 0. The summed E-state index contributed by atoms with van der Waals surface area (Å²) >= 11 is 0. The van der Waals surface area contributed by atoms with Gasteiger partial charge in [-0.1, -0.05) is 12.1 Å². The van der Waals surface area contributed by atoms with Crippen molar-refractivity contribution < 1.29 is 18.7 Å². The SMILES string of the molecule is Cc1cc(F)cc(-n2cc([C@H]3O[C@@H](C)C(=O)N3CCc3ccc4c(c3)NC(=O)C4)c(-c3cc[nH]c3)n2)c1. The van der Waals surface area contributed by atoms with Crippen molar-refractivity contribution in [3.63, 3.8) is 0 Å². The number of hydrogen-bond acceptors (Lipinski definition) is 4. The lowest BCUT2D eigenvalue weighted by Crippen LogP contribution is -2.32. The molecule has 188 valence electrons. The Morgan fingerprint density at radius 1 is 1.16 bits per heavy atom. The van der Waals surface area contributed by atoms with E-state index in [1.807, 2.05) is 49.6 Å². The Labute approximate surface area is 213 Å². The monoisotopic (exact) mass is 499 g/mol. The van der Waals surface area contributed by atoms with Crippen LogP contribution in [0.2, 0.25) is 0 Å². The standard InChI is InChI=1S/C28H26FN5O3/c1-16-9-21(29)13-22(10-16)34-15-23(26(32-34)20-5-7-30-14-20)28-33(27(36)17(2)37-28)8-6-18-3-4-19-12-25(35)31-24(19)11-18/h3-5,7,9-11,13-15,17,28,30H,6,8,12H2,1-2H3,(H,31,35)/t17-,28+/m0/s1. The average molecular weight is 500 g/mol. The van der Waals surface area contributed by atoms with Gasteiger partial charge in [-0.3, -0.25) is 9.59 Å². The van der Waals surface area contributed by atoms with Gasteiger partial charge in [-0.15, -0.1) is 0 Å². The third-order valence-corrected chi connectivity index (χ3v) is 6.86. The largest absolute Gasteiger partial charge is 0.367 e. The number of aryl methyl sites for hydroxylation is 1. The highest BCUT2D eigenvalue weighted by Gasteiger charge is 2.40. The maximum Gasteiger partial charge on any atom is 0.253 e. The summed E-state index contributed by atoms with van der Waals surface area (Å²) in [6.45, 7) is 4.00. The number of nitrogens with zero attached hydrogens (tertiary/aromatic N) is 3. The molecule has 0 radical (unpaired) electrons. The highest BCUT2D eigenvalue weighted by atomic mass is 19.1. The van der Waals surface area contributed by atoms with Crippen LogP contribution < -0.4 is 5.32 Å².